The van der Waals surface area contributed by atoms with Crippen LogP contribution in [0.1, 0.15) is 29.8 Å². The molecule has 2 rings (SSSR count). The molecular weight excluding hydrogens is 358 g/mol. The predicted octanol–water partition coefficient (Wildman–Crippen LogP) is 1.74. The van der Waals surface area contributed by atoms with Gasteiger partial charge in [-0.05, 0) is 31.8 Å². The van der Waals surface area contributed by atoms with E-state index in [-0.39, 0.29) is 24.5 Å². The molecule has 0 radical (unpaired) electrons. The zero-order valence-corrected chi connectivity index (χ0v) is 16.5. The van der Waals surface area contributed by atoms with E-state index >= 15 is 0 Å². The molecule has 8 nitrogen and oxygen atoms in total. The molecule has 1 atom stereocenters. The van der Waals surface area contributed by atoms with Crippen LogP contribution in [0, 0.1) is 5.41 Å². The minimum atomic E-state index is -3.16. The van der Waals surface area contributed by atoms with E-state index in [9.17, 15) is 19.0 Å². The summed E-state index contributed by atoms with van der Waals surface area (Å²) in [5, 5.41) is 9.49. The number of ether oxygens (including phenoxy) is 1. The first kappa shape index (κ1) is 21.1. The number of hydrogen-bond donors (Lipinski definition) is 4. The molecule has 1 saturated heterocycles. The zero-order valence-electron chi connectivity index (χ0n) is 15.7. The summed E-state index contributed by atoms with van der Waals surface area (Å²) >= 11 is 0. The Hall–Kier alpha value is -1.20. The van der Waals surface area contributed by atoms with E-state index in [1.807, 2.05) is 27.9 Å². The Morgan fingerprint density at radius 3 is 2.46 bits per heavy atom. The third-order valence-electron chi connectivity index (χ3n) is 3.92. The molecule has 26 heavy (non-hydrogen) atoms. The van der Waals surface area contributed by atoms with Crippen LogP contribution in [-0.4, -0.2) is 69.4 Å². The lowest BCUT2D eigenvalue weighted by atomic mass is 9.94. The molecule has 4 N–H and O–H groups in total. The standard InChI is InChI=1S/C17H29N3O5S/c1-17(2,11-19(3)4)12-25-16(22)14-7-5-13(6-8-14)9-20-10-15(21)18-26(20,23)24/h5-8,15,18,21,23-24H,9-12H2,1-4H3. The predicted molar refractivity (Wildman–Crippen MR) is 101 cm³/mol. The smallest absolute Gasteiger partial charge is 0.338 e. The lowest BCUT2D eigenvalue weighted by molar-refractivity contribution is 0.0298. The fourth-order valence-corrected chi connectivity index (χ4v) is 4.21. The van der Waals surface area contributed by atoms with E-state index in [1.165, 1.54) is 4.31 Å². The number of rotatable bonds is 7. The molecule has 0 amide bonds. The van der Waals surface area contributed by atoms with Gasteiger partial charge in [-0.3, -0.25) is 9.11 Å². The van der Waals surface area contributed by atoms with Gasteiger partial charge in [-0.1, -0.05) is 36.9 Å². The molecule has 1 unspecified atom stereocenters. The molecule has 1 heterocycles. The van der Waals surface area contributed by atoms with Crippen LogP contribution in [0.2, 0.25) is 0 Å². The summed E-state index contributed by atoms with van der Waals surface area (Å²) in [7, 11) is 0.799. The minimum absolute atomic E-state index is 0.118. The molecule has 1 aliphatic heterocycles. The number of aliphatic hydroxyl groups is 1. The Kier molecular flexibility index (Phi) is 6.67. The van der Waals surface area contributed by atoms with Crippen LogP contribution in [0.15, 0.2) is 24.3 Å². The maximum absolute atomic E-state index is 12.2. The van der Waals surface area contributed by atoms with Crippen molar-refractivity contribution in [2.75, 3.05) is 33.8 Å². The second-order valence-corrected chi connectivity index (χ2v) is 9.44. The monoisotopic (exact) mass is 387 g/mol. The van der Waals surface area contributed by atoms with Crippen molar-refractivity contribution in [2.24, 2.45) is 5.41 Å². The fraction of sp³-hybridized carbons (Fsp3) is 0.588. The minimum Gasteiger partial charge on any atom is -0.461 e. The van der Waals surface area contributed by atoms with Crippen LogP contribution in [-0.2, 0) is 11.3 Å². The number of nitrogens with zero attached hydrogens (tertiary/aromatic N) is 2. The first-order valence-electron chi connectivity index (χ1n) is 8.38. The molecule has 1 aromatic carbocycles. The van der Waals surface area contributed by atoms with E-state index < -0.39 is 17.2 Å². The number of nitrogens with one attached hydrogen (secondary N) is 1. The van der Waals surface area contributed by atoms with Crippen molar-refractivity contribution < 1.29 is 23.7 Å². The Labute approximate surface area is 156 Å². The van der Waals surface area contributed by atoms with Gasteiger partial charge in [0.15, 0.2) is 0 Å². The van der Waals surface area contributed by atoms with E-state index in [1.54, 1.807) is 24.3 Å². The maximum Gasteiger partial charge on any atom is 0.338 e. The van der Waals surface area contributed by atoms with E-state index in [0.29, 0.717) is 12.2 Å². The third kappa shape index (κ3) is 5.92. The fourth-order valence-electron chi connectivity index (χ4n) is 2.94. The summed E-state index contributed by atoms with van der Waals surface area (Å²) in [6.07, 6.45) is -0.972. The lowest BCUT2D eigenvalue weighted by Gasteiger charge is -2.35. The van der Waals surface area contributed by atoms with Gasteiger partial charge in [-0.15, -0.1) is 0 Å². The molecule has 0 bridgehead atoms. The molecule has 148 valence electrons. The molecule has 1 aliphatic rings. The first-order chi connectivity index (χ1) is 12.0. The summed E-state index contributed by atoms with van der Waals surface area (Å²) in [5.41, 5.74) is 1.10. The number of esters is 1. The van der Waals surface area contributed by atoms with Crippen molar-refractivity contribution >= 4 is 16.9 Å². The lowest BCUT2D eigenvalue weighted by Crippen LogP contribution is -2.33. The Bertz CT molecular complexity index is 621. The van der Waals surface area contributed by atoms with Crippen molar-refractivity contribution in [3.8, 4) is 0 Å². The SMILES string of the molecule is CN(C)CC(C)(C)COC(=O)c1ccc(CN2CC(O)NS2(O)O)cc1. The zero-order chi connectivity index (χ0) is 19.5. The normalized spacial score (nSPS) is 21.8. The topological polar surface area (TPSA) is 106 Å². The number of aliphatic hydroxyl groups excluding tert-OH is 1. The maximum atomic E-state index is 12.2. The molecule has 0 saturated carbocycles. The van der Waals surface area contributed by atoms with Crippen molar-refractivity contribution in [1.82, 2.24) is 13.9 Å². The van der Waals surface area contributed by atoms with Gasteiger partial charge in [0, 0.05) is 18.5 Å². The highest BCUT2D eigenvalue weighted by molar-refractivity contribution is 8.20. The van der Waals surface area contributed by atoms with Gasteiger partial charge in [0.25, 0.3) is 0 Å². The summed E-state index contributed by atoms with van der Waals surface area (Å²) in [6, 6.07) is 6.79. The van der Waals surface area contributed by atoms with Gasteiger partial charge >= 0.3 is 5.97 Å². The summed E-state index contributed by atoms with van der Waals surface area (Å²) < 4.78 is 28.8. The van der Waals surface area contributed by atoms with Gasteiger partial charge in [-0.25, -0.2) is 4.79 Å². The van der Waals surface area contributed by atoms with Crippen LogP contribution in [0.4, 0.5) is 0 Å². The Morgan fingerprint density at radius 1 is 1.35 bits per heavy atom. The Morgan fingerprint density at radius 2 is 1.96 bits per heavy atom. The highest BCUT2D eigenvalue weighted by Gasteiger charge is 2.34. The third-order valence-corrected chi connectivity index (χ3v) is 5.50. The van der Waals surface area contributed by atoms with Gasteiger partial charge in [-0.2, -0.15) is 9.03 Å². The average molecular weight is 388 g/mol. The molecule has 0 aromatic heterocycles. The molecule has 1 fully saturated rings. The van der Waals surface area contributed by atoms with Crippen LogP contribution >= 0.6 is 11.0 Å². The number of benzene rings is 1. The second kappa shape index (κ2) is 8.22. The van der Waals surface area contributed by atoms with E-state index in [4.69, 9.17) is 4.74 Å². The van der Waals surface area contributed by atoms with Gasteiger partial charge in [0.2, 0.25) is 0 Å². The molecule has 0 aliphatic carbocycles. The summed E-state index contributed by atoms with van der Waals surface area (Å²) in [5.74, 6) is -0.383. The number of carbonyl (C=O) groups excluding carboxylic acids is 1. The van der Waals surface area contributed by atoms with E-state index in [0.717, 1.165) is 12.1 Å². The second-order valence-electron chi connectivity index (χ2n) is 7.65. The van der Waals surface area contributed by atoms with Crippen LogP contribution in [0.5, 0.6) is 0 Å². The van der Waals surface area contributed by atoms with Gasteiger partial charge < -0.3 is 14.7 Å². The van der Waals surface area contributed by atoms with Gasteiger partial charge in [0.05, 0.1) is 18.7 Å². The molecular formula is C17H29N3O5S. The van der Waals surface area contributed by atoms with Crippen molar-refractivity contribution in [2.45, 2.75) is 26.6 Å². The summed E-state index contributed by atoms with van der Waals surface area (Å²) in [6.45, 7) is 5.58. The Balaban J connectivity index is 1.91. The number of β-amino-alcohol motifs (C(OH)–C–C–N with tert-alkyl or cyclic N) is 1. The van der Waals surface area contributed by atoms with Crippen molar-refractivity contribution in [1.29, 1.82) is 0 Å². The number of carbonyl (C=O) groups is 1. The first-order valence-corrected chi connectivity index (χ1v) is 9.88. The number of hydrogen-bond acceptors (Lipinski definition) is 8. The van der Waals surface area contributed by atoms with Crippen molar-refractivity contribution in [3.05, 3.63) is 35.4 Å². The highest BCUT2D eigenvalue weighted by atomic mass is 32.3. The molecule has 1 aromatic rings. The van der Waals surface area contributed by atoms with E-state index in [2.05, 4.69) is 9.62 Å². The van der Waals surface area contributed by atoms with Crippen molar-refractivity contribution in [3.63, 3.8) is 0 Å². The quantitative estimate of drug-likeness (QED) is 0.524. The van der Waals surface area contributed by atoms with Gasteiger partial charge in [0.1, 0.15) is 6.23 Å². The highest BCUT2D eigenvalue weighted by Crippen LogP contribution is 2.44. The molecule has 9 heteroatoms. The summed E-state index contributed by atoms with van der Waals surface area (Å²) in [4.78, 5) is 14.3. The van der Waals surface area contributed by atoms with Crippen LogP contribution in [0.25, 0.3) is 0 Å². The molecule has 0 spiro atoms. The average Bonchev–Trinajstić information content (AvgIpc) is 2.76. The van der Waals surface area contributed by atoms with Crippen LogP contribution < -0.4 is 4.72 Å². The van der Waals surface area contributed by atoms with Crippen LogP contribution in [0.3, 0.4) is 0 Å². The largest absolute Gasteiger partial charge is 0.461 e.